The minimum absolute atomic E-state index is 0.114. The van der Waals surface area contributed by atoms with E-state index in [4.69, 9.17) is 4.74 Å². The Morgan fingerprint density at radius 1 is 1.03 bits per heavy atom. The van der Waals surface area contributed by atoms with Gasteiger partial charge in [-0.3, -0.25) is 0 Å². The molecule has 3 aromatic rings. The van der Waals surface area contributed by atoms with Crippen molar-refractivity contribution in [3.8, 4) is 5.69 Å². The van der Waals surface area contributed by atoms with Gasteiger partial charge in [0.15, 0.2) is 30.3 Å². The lowest BCUT2D eigenvalue weighted by molar-refractivity contribution is 0.0217. The molecule has 0 bridgehead atoms. The van der Waals surface area contributed by atoms with Crippen molar-refractivity contribution in [1.29, 1.82) is 0 Å². The molecule has 4 rings (SSSR count). The van der Waals surface area contributed by atoms with E-state index in [2.05, 4.69) is 15.1 Å². The third-order valence-electron chi connectivity index (χ3n) is 5.64. The largest absolute Gasteiger partial charge is 0.444 e. The molecule has 11 nitrogen and oxygen atoms in total. The molecule has 0 atom stereocenters. The number of nitrogens with zero attached hydrogens (tertiary/aromatic N) is 5. The monoisotopic (exact) mass is 521 g/mol. The second-order valence-electron chi connectivity index (χ2n) is 9.45. The van der Waals surface area contributed by atoms with Crippen molar-refractivity contribution in [1.82, 2.24) is 24.6 Å². The molecule has 13 heteroatoms. The molecule has 1 aliphatic rings. The maximum Gasteiger partial charge on any atom is 0.410 e. The van der Waals surface area contributed by atoms with E-state index in [1.54, 1.807) is 32.9 Å². The van der Waals surface area contributed by atoms with Crippen molar-refractivity contribution in [2.75, 3.05) is 19.3 Å². The van der Waals surface area contributed by atoms with E-state index in [1.165, 1.54) is 34.2 Å². The maximum absolute atomic E-state index is 13.5. The van der Waals surface area contributed by atoms with E-state index in [-0.39, 0.29) is 46.9 Å². The first-order chi connectivity index (χ1) is 16.3. The molecule has 0 N–H and O–H groups in total. The molecule has 0 spiro atoms. The summed E-state index contributed by atoms with van der Waals surface area (Å²) >= 11 is 0. The lowest BCUT2D eigenvalue weighted by atomic mass is 10.1. The second kappa shape index (κ2) is 8.86. The van der Waals surface area contributed by atoms with E-state index in [9.17, 15) is 21.6 Å². The summed E-state index contributed by atoms with van der Waals surface area (Å²) in [6.07, 6.45) is 3.74. The lowest BCUT2D eigenvalue weighted by Gasteiger charge is -2.33. The summed E-state index contributed by atoms with van der Waals surface area (Å²) in [7, 11) is -7.19. The van der Waals surface area contributed by atoms with Crippen molar-refractivity contribution in [2.45, 2.75) is 54.4 Å². The number of hydrogen-bond acceptors (Lipinski definition) is 9. The molecule has 3 heterocycles. The summed E-state index contributed by atoms with van der Waals surface area (Å²) in [4.78, 5) is 22.3. The van der Waals surface area contributed by atoms with Crippen molar-refractivity contribution in [3.63, 3.8) is 0 Å². The van der Waals surface area contributed by atoms with Crippen LogP contribution in [-0.2, 0) is 24.4 Å². The number of carbonyl (C=O) groups is 1. The first kappa shape index (κ1) is 25.0. The van der Waals surface area contributed by atoms with Gasteiger partial charge in [0.25, 0.3) is 0 Å². The average molecular weight is 522 g/mol. The van der Waals surface area contributed by atoms with Gasteiger partial charge in [-0.05, 0) is 57.9 Å². The SMILES string of the molecule is CC(C)(C)OC(=O)N1CCC(S(=O)(=O)c2ncnc3c2cnn3-c2ccc(S(C)(=O)=O)cc2)CC1. The molecule has 35 heavy (non-hydrogen) atoms. The molecule has 0 saturated carbocycles. The van der Waals surface area contributed by atoms with Gasteiger partial charge in [-0.15, -0.1) is 0 Å². The number of benzene rings is 1. The van der Waals surface area contributed by atoms with Gasteiger partial charge in [0.1, 0.15) is 11.9 Å². The number of hydrogen-bond donors (Lipinski definition) is 0. The summed E-state index contributed by atoms with van der Waals surface area (Å²) < 4.78 is 57.2. The molecule has 1 fully saturated rings. The zero-order chi connectivity index (χ0) is 25.6. The Hall–Kier alpha value is -3.06. The van der Waals surface area contributed by atoms with Crippen LogP contribution in [0.2, 0.25) is 0 Å². The van der Waals surface area contributed by atoms with Crippen molar-refractivity contribution < 1.29 is 26.4 Å². The first-order valence-corrected chi connectivity index (χ1v) is 14.4. The number of likely N-dealkylation sites (tertiary alicyclic amines) is 1. The van der Waals surface area contributed by atoms with Crippen LogP contribution in [0.25, 0.3) is 16.7 Å². The van der Waals surface area contributed by atoms with E-state index < -0.39 is 36.6 Å². The third kappa shape index (κ3) is 5.15. The Bertz CT molecular complexity index is 1470. The molecule has 0 unspecified atom stereocenters. The summed E-state index contributed by atoms with van der Waals surface area (Å²) in [5.41, 5.74) is 0.190. The predicted octanol–water partition coefficient (Wildman–Crippen LogP) is 2.39. The predicted molar refractivity (Wildman–Crippen MR) is 128 cm³/mol. The van der Waals surface area contributed by atoms with Gasteiger partial charge >= 0.3 is 6.09 Å². The zero-order valence-corrected chi connectivity index (χ0v) is 21.5. The van der Waals surface area contributed by atoms with Gasteiger partial charge in [0.05, 0.1) is 27.4 Å². The van der Waals surface area contributed by atoms with E-state index >= 15 is 0 Å². The summed E-state index contributed by atoms with van der Waals surface area (Å²) in [6, 6.07) is 6.06. The molecule has 1 saturated heterocycles. The lowest BCUT2D eigenvalue weighted by Crippen LogP contribution is -2.44. The van der Waals surface area contributed by atoms with Gasteiger partial charge in [0.2, 0.25) is 0 Å². The summed E-state index contributed by atoms with van der Waals surface area (Å²) in [5.74, 6) is 0. The molecule has 1 aliphatic heterocycles. The van der Waals surface area contributed by atoms with Gasteiger partial charge in [-0.2, -0.15) is 5.10 Å². The normalized spacial score (nSPS) is 15.9. The highest BCUT2D eigenvalue weighted by Crippen LogP contribution is 2.29. The number of carbonyl (C=O) groups excluding carboxylic acids is 1. The van der Waals surface area contributed by atoms with Crippen LogP contribution in [-0.4, -0.2) is 77.8 Å². The Morgan fingerprint density at radius 2 is 1.66 bits per heavy atom. The molecule has 0 aliphatic carbocycles. The minimum Gasteiger partial charge on any atom is -0.444 e. The fraction of sp³-hybridized carbons (Fsp3) is 0.455. The van der Waals surface area contributed by atoms with E-state index in [1.807, 2.05) is 0 Å². The molecule has 1 amide bonds. The Kier molecular flexibility index (Phi) is 6.34. The van der Waals surface area contributed by atoms with Crippen LogP contribution < -0.4 is 0 Å². The maximum atomic E-state index is 13.5. The Morgan fingerprint density at radius 3 is 2.23 bits per heavy atom. The minimum atomic E-state index is -3.83. The van der Waals surface area contributed by atoms with Crippen LogP contribution in [0.1, 0.15) is 33.6 Å². The highest BCUT2D eigenvalue weighted by Gasteiger charge is 2.36. The molecular formula is C22H27N5O6S2. The second-order valence-corrected chi connectivity index (χ2v) is 13.6. The Balaban J connectivity index is 1.59. The van der Waals surface area contributed by atoms with Crippen molar-refractivity contribution >= 4 is 36.8 Å². The van der Waals surface area contributed by atoms with Gasteiger partial charge < -0.3 is 9.64 Å². The highest BCUT2D eigenvalue weighted by molar-refractivity contribution is 7.92. The number of fused-ring (bicyclic) bond motifs is 1. The summed E-state index contributed by atoms with van der Waals surface area (Å²) in [5, 5.41) is 3.72. The van der Waals surface area contributed by atoms with E-state index in [0.717, 1.165) is 6.26 Å². The Labute approximate surface area is 204 Å². The number of amides is 1. The van der Waals surface area contributed by atoms with Crippen LogP contribution in [0, 0.1) is 0 Å². The fourth-order valence-corrected chi connectivity index (χ4v) is 6.33. The fourth-order valence-electron chi connectivity index (χ4n) is 3.91. The first-order valence-electron chi connectivity index (χ1n) is 11.0. The smallest absolute Gasteiger partial charge is 0.410 e. The zero-order valence-electron chi connectivity index (χ0n) is 19.9. The van der Waals surface area contributed by atoms with Crippen molar-refractivity contribution in [2.24, 2.45) is 0 Å². The topological polar surface area (TPSA) is 141 Å². The molecule has 2 aromatic heterocycles. The molecule has 188 valence electrons. The number of ether oxygens (including phenoxy) is 1. The highest BCUT2D eigenvalue weighted by atomic mass is 32.2. The number of sulfone groups is 2. The van der Waals surface area contributed by atoms with Crippen molar-refractivity contribution in [3.05, 3.63) is 36.8 Å². The van der Waals surface area contributed by atoms with E-state index in [0.29, 0.717) is 5.69 Å². The molecule has 0 radical (unpaired) electrons. The van der Waals surface area contributed by atoms with Gasteiger partial charge in [-0.1, -0.05) is 0 Å². The van der Waals surface area contributed by atoms with Crippen LogP contribution in [0.5, 0.6) is 0 Å². The van der Waals surface area contributed by atoms with Gasteiger partial charge in [-0.25, -0.2) is 36.3 Å². The molecular weight excluding hydrogens is 494 g/mol. The standard InChI is InChI=1S/C22H27N5O6S2/c1-22(2,3)33-21(28)26-11-9-17(10-12-26)35(31,32)20-18-13-25-27(19(18)23-14-24-20)15-5-7-16(8-6-15)34(4,29)30/h5-8,13-14,17H,9-12H2,1-4H3. The average Bonchev–Trinajstić information content (AvgIpc) is 3.21. The third-order valence-corrected chi connectivity index (χ3v) is 8.98. The number of piperidine rings is 1. The molecule has 1 aromatic carbocycles. The number of rotatable bonds is 4. The van der Waals surface area contributed by atoms with Crippen LogP contribution in [0.15, 0.2) is 46.7 Å². The quantitative estimate of drug-likeness (QED) is 0.473. The van der Waals surface area contributed by atoms with Crippen LogP contribution in [0.3, 0.4) is 0 Å². The summed E-state index contributed by atoms with van der Waals surface area (Å²) in [6.45, 7) is 5.87. The van der Waals surface area contributed by atoms with Gasteiger partial charge in [0, 0.05) is 19.3 Å². The van der Waals surface area contributed by atoms with Crippen LogP contribution >= 0.6 is 0 Å². The number of aromatic nitrogens is 4. The van der Waals surface area contributed by atoms with Crippen LogP contribution in [0.4, 0.5) is 4.79 Å².